The largest absolute Gasteiger partial charge is 0.466 e. The molecule has 0 saturated carbocycles. The molecule has 4 rings (SSSR count). The van der Waals surface area contributed by atoms with Crippen molar-refractivity contribution in [2.45, 2.75) is 165 Å². The summed E-state index contributed by atoms with van der Waals surface area (Å²) in [6.45, 7) is 5.27. The number of hydrogen-bond acceptors (Lipinski definition) is 14. The first kappa shape index (κ1) is 43.3. The number of carbonyl (C=O) groups is 3. The van der Waals surface area contributed by atoms with Gasteiger partial charge in [0, 0.05) is 43.8 Å². The topological polar surface area (TPSA) is 197 Å². The molecule has 302 valence electrons. The number of cyclic esters (lactones) is 1. The molecule has 4 aliphatic heterocycles. The third-order valence-electron chi connectivity index (χ3n) is 10.7. The fourth-order valence-electron chi connectivity index (χ4n) is 7.72. The summed E-state index contributed by atoms with van der Waals surface area (Å²) in [6.07, 6.45) is 4.86. The SMILES string of the molecule is CCCCCCCC(=O)O[C@H]1/C(=C/C(=O)OC)C[C@H]2C[C@H](CO)OC(=O)C[C@H](O)C[C@@H]3C[C@H](CO)C[C@H](C[C@@H]4CCO[C@H](/C=C\C(C)(C)[C@]1(O)O2)O4)O3. The van der Waals surface area contributed by atoms with E-state index in [4.69, 9.17) is 33.2 Å². The fourth-order valence-corrected chi connectivity index (χ4v) is 7.72. The first-order valence-corrected chi connectivity index (χ1v) is 19.4. The monoisotopic (exact) mass is 754 g/mol. The summed E-state index contributed by atoms with van der Waals surface area (Å²) in [5, 5.41) is 43.8. The number of fused-ring (bicyclic) bond motifs is 6. The maximum absolute atomic E-state index is 13.3. The van der Waals surface area contributed by atoms with Crippen molar-refractivity contribution < 1.29 is 68.0 Å². The molecule has 3 fully saturated rings. The van der Waals surface area contributed by atoms with E-state index in [1.807, 2.05) is 0 Å². The summed E-state index contributed by atoms with van der Waals surface area (Å²) >= 11 is 0. The van der Waals surface area contributed by atoms with Gasteiger partial charge in [-0.05, 0) is 49.7 Å². The second-order valence-corrected chi connectivity index (χ2v) is 15.5. The van der Waals surface area contributed by atoms with Gasteiger partial charge in [-0.2, -0.15) is 0 Å². The van der Waals surface area contributed by atoms with Gasteiger partial charge in [-0.1, -0.05) is 52.5 Å². The molecule has 0 aromatic heterocycles. The van der Waals surface area contributed by atoms with E-state index in [0.717, 1.165) is 25.7 Å². The first-order chi connectivity index (χ1) is 25.3. The molecule has 0 aliphatic carbocycles. The number of ether oxygens (including phenoxy) is 7. The lowest BCUT2D eigenvalue weighted by atomic mass is 9.74. The highest BCUT2D eigenvalue weighted by atomic mass is 16.7. The minimum absolute atomic E-state index is 0.0228. The Balaban J connectivity index is 1.69. The van der Waals surface area contributed by atoms with Crippen LogP contribution in [0.5, 0.6) is 0 Å². The van der Waals surface area contributed by atoms with Gasteiger partial charge in [0.15, 0.2) is 12.4 Å². The number of aliphatic hydroxyl groups excluding tert-OH is 3. The van der Waals surface area contributed by atoms with Crippen LogP contribution in [0, 0.1) is 11.3 Å². The van der Waals surface area contributed by atoms with Crippen molar-refractivity contribution in [2.24, 2.45) is 11.3 Å². The fraction of sp³-hybridized carbons (Fsp3) is 0.821. The maximum atomic E-state index is 13.3. The Kier molecular flexibility index (Phi) is 16.7. The highest BCUT2D eigenvalue weighted by molar-refractivity contribution is 5.83. The van der Waals surface area contributed by atoms with Crippen molar-refractivity contribution >= 4 is 17.9 Å². The molecule has 0 amide bonds. The van der Waals surface area contributed by atoms with Crippen LogP contribution in [-0.4, -0.2) is 120 Å². The van der Waals surface area contributed by atoms with E-state index >= 15 is 0 Å². The zero-order chi connectivity index (χ0) is 38.6. The van der Waals surface area contributed by atoms with Gasteiger partial charge in [0.05, 0.1) is 57.3 Å². The lowest BCUT2D eigenvalue weighted by Gasteiger charge is -2.51. The van der Waals surface area contributed by atoms with Crippen LogP contribution in [0.2, 0.25) is 0 Å². The maximum Gasteiger partial charge on any atom is 0.330 e. The molecule has 4 N–H and O–H groups in total. The van der Waals surface area contributed by atoms with Gasteiger partial charge in [-0.25, -0.2) is 4.79 Å². The van der Waals surface area contributed by atoms with E-state index in [9.17, 15) is 34.8 Å². The van der Waals surface area contributed by atoms with Crippen LogP contribution >= 0.6 is 0 Å². The van der Waals surface area contributed by atoms with Crippen molar-refractivity contribution in [2.75, 3.05) is 26.9 Å². The van der Waals surface area contributed by atoms with Gasteiger partial charge in [0.25, 0.3) is 0 Å². The quantitative estimate of drug-likeness (QED) is 0.0831. The third kappa shape index (κ3) is 12.5. The predicted molar refractivity (Wildman–Crippen MR) is 190 cm³/mol. The molecule has 0 radical (unpaired) electrons. The molecule has 0 unspecified atom stereocenters. The normalized spacial score (nSPS) is 36.9. The van der Waals surface area contributed by atoms with Gasteiger partial charge < -0.3 is 53.6 Å². The number of esters is 3. The van der Waals surface area contributed by atoms with E-state index in [1.165, 1.54) is 13.2 Å². The highest BCUT2D eigenvalue weighted by Crippen LogP contribution is 2.47. The minimum atomic E-state index is -2.27. The number of carbonyl (C=O) groups excluding carboxylic acids is 3. The lowest BCUT2D eigenvalue weighted by molar-refractivity contribution is -0.327. The van der Waals surface area contributed by atoms with Gasteiger partial charge in [0.2, 0.25) is 5.79 Å². The molecule has 0 spiro atoms. The first-order valence-electron chi connectivity index (χ1n) is 19.4. The molecular formula is C39H62O14. The third-order valence-corrected chi connectivity index (χ3v) is 10.7. The molecular weight excluding hydrogens is 692 g/mol. The molecule has 0 aromatic rings. The van der Waals surface area contributed by atoms with Crippen LogP contribution in [0.25, 0.3) is 0 Å². The van der Waals surface area contributed by atoms with E-state index in [1.54, 1.807) is 26.0 Å². The molecule has 14 heteroatoms. The van der Waals surface area contributed by atoms with Crippen LogP contribution < -0.4 is 0 Å². The molecule has 6 bridgehead atoms. The average Bonchev–Trinajstić information content (AvgIpc) is 3.11. The molecule has 14 nitrogen and oxygen atoms in total. The summed E-state index contributed by atoms with van der Waals surface area (Å²) in [6, 6.07) is 0. The Bertz CT molecular complexity index is 1250. The molecule has 4 aliphatic rings. The van der Waals surface area contributed by atoms with Crippen LogP contribution in [0.1, 0.15) is 111 Å². The molecule has 10 atom stereocenters. The number of rotatable bonds is 10. The zero-order valence-corrected chi connectivity index (χ0v) is 31.8. The molecule has 53 heavy (non-hydrogen) atoms. The van der Waals surface area contributed by atoms with Gasteiger partial charge >= 0.3 is 17.9 Å². The summed E-state index contributed by atoms with van der Waals surface area (Å²) in [7, 11) is 1.21. The van der Waals surface area contributed by atoms with E-state index < -0.39 is 66.4 Å². The summed E-state index contributed by atoms with van der Waals surface area (Å²) in [5.41, 5.74) is -1.09. The van der Waals surface area contributed by atoms with E-state index in [2.05, 4.69) is 6.92 Å². The highest BCUT2D eigenvalue weighted by Gasteiger charge is 2.57. The molecule has 0 aromatic carbocycles. The number of unbranched alkanes of at least 4 members (excludes halogenated alkanes) is 4. The summed E-state index contributed by atoms with van der Waals surface area (Å²) in [4.78, 5) is 39.0. The van der Waals surface area contributed by atoms with Crippen LogP contribution in [0.4, 0.5) is 0 Å². The Morgan fingerprint density at radius 1 is 0.943 bits per heavy atom. The Morgan fingerprint density at radius 3 is 2.38 bits per heavy atom. The van der Waals surface area contributed by atoms with E-state index in [-0.39, 0.29) is 68.5 Å². The van der Waals surface area contributed by atoms with E-state index in [0.29, 0.717) is 38.7 Å². The molecule has 3 saturated heterocycles. The average molecular weight is 755 g/mol. The second kappa shape index (κ2) is 20.5. The van der Waals surface area contributed by atoms with Crippen LogP contribution in [-0.2, 0) is 47.5 Å². The van der Waals surface area contributed by atoms with Crippen LogP contribution in [0.15, 0.2) is 23.8 Å². The lowest BCUT2D eigenvalue weighted by Crippen LogP contribution is -2.62. The van der Waals surface area contributed by atoms with Crippen LogP contribution in [0.3, 0.4) is 0 Å². The van der Waals surface area contributed by atoms with Crippen molar-refractivity contribution in [1.29, 1.82) is 0 Å². The van der Waals surface area contributed by atoms with Crippen molar-refractivity contribution in [3.8, 4) is 0 Å². The summed E-state index contributed by atoms with van der Waals surface area (Å²) < 4.78 is 41.5. The van der Waals surface area contributed by atoms with Gasteiger partial charge in [-0.15, -0.1) is 0 Å². The smallest absolute Gasteiger partial charge is 0.330 e. The van der Waals surface area contributed by atoms with Gasteiger partial charge in [0.1, 0.15) is 6.10 Å². The Morgan fingerprint density at radius 2 is 1.68 bits per heavy atom. The standard InChI is InChI=1S/C39H62O14/c1-5-6-7-8-9-10-33(43)52-37-26(18-34(44)47-4)17-31-22-32(24-41)50-35(45)20-27(42)19-29-15-25(23-40)16-30(49-29)21-28-12-14-48-36(51-28)11-13-38(2,3)39(37,46)53-31/h11,13,18,25,27-32,36-37,40-42,46H,5-10,12,14-17,19-24H2,1-4H3/b13-11-,26-18+/t25-,27+,28-,29-,30+,31-,32+,36-,37-,39+/m0/s1. The zero-order valence-electron chi connectivity index (χ0n) is 31.8. The molecule has 4 heterocycles. The number of methoxy groups -OCH3 is 1. The second-order valence-electron chi connectivity index (χ2n) is 15.5. The minimum Gasteiger partial charge on any atom is -0.466 e. The summed E-state index contributed by atoms with van der Waals surface area (Å²) in [5.74, 6) is -4.35. The number of hydrogen-bond donors (Lipinski definition) is 4. The predicted octanol–water partition coefficient (Wildman–Crippen LogP) is 3.54. The van der Waals surface area contributed by atoms with Crippen molar-refractivity contribution in [1.82, 2.24) is 0 Å². The Hall–Kier alpha value is -2.43. The Labute approximate surface area is 313 Å². The van der Waals surface area contributed by atoms with Crippen molar-refractivity contribution in [3.63, 3.8) is 0 Å². The number of aliphatic hydroxyl groups is 4. The van der Waals surface area contributed by atoms with Crippen molar-refractivity contribution in [3.05, 3.63) is 23.8 Å². The van der Waals surface area contributed by atoms with Gasteiger partial charge in [-0.3, -0.25) is 9.59 Å².